The third-order valence-corrected chi connectivity index (χ3v) is 3.51. The maximum Gasteiger partial charge on any atom is 0.339 e. The summed E-state index contributed by atoms with van der Waals surface area (Å²) in [6, 6.07) is 1.75. The second-order valence-corrected chi connectivity index (χ2v) is 6.25. The molecule has 0 saturated carbocycles. The highest BCUT2D eigenvalue weighted by molar-refractivity contribution is 5.90. The van der Waals surface area contributed by atoms with E-state index in [9.17, 15) is 19.5 Å². The van der Waals surface area contributed by atoms with Crippen molar-refractivity contribution in [3.05, 3.63) is 0 Å². The van der Waals surface area contributed by atoms with E-state index >= 15 is 0 Å². The fraction of sp³-hybridized carbons (Fsp3) is 0.800. The molecule has 0 amide bonds. The van der Waals surface area contributed by atoms with E-state index in [2.05, 4.69) is 0 Å². The number of ether oxygens (including phenoxy) is 3. The van der Waals surface area contributed by atoms with Crippen LogP contribution >= 0.6 is 0 Å². The van der Waals surface area contributed by atoms with Crippen LogP contribution in [0.4, 0.5) is 0 Å². The summed E-state index contributed by atoms with van der Waals surface area (Å²) in [7, 11) is 0. The van der Waals surface area contributed by atoms with Gasteiger partial charge in [0, 0.05) is 6.92 Å². The molecule has 8 nitrogen and oxygen atoms in total. The lowest BCUT2D eigenvalue weighted by Gasteiger charge is -2.24. The van der Waals surface area contributed by atoms with Gasteiger partial charge in [-0.25, -0.2) is 4.79 Å². The second kappa shape index (κ2) is 18.2. The molecule has 1 N–H and O–H groups in total. The molecule has 0 saturated heterocycles. The summed E-state index contributed by atoms with van der Waals surface area (Å²) < 4.78 is 14.9. The van der Waals surface area contributed by atoms with Crippen molar-refractivity contribution in [2.24, 2.45) is 0 Å². The smallest absolute Gasteiger partial charge is 0.339 e. The summed E-state index contributed by atoms with van der Waals surface area (Å²) >= 11 is 0. The van der Waals surface area contributed by atoms with Gasteiger partial charge in [-0.15, -0.1) is 0 Å². The average Bonchev–Trinajstić information content (AvgIpc) is 2.62. The first-order valence-corrected chi connectivity index (χ1v) is 9.82. The maximum absolute atomic E-state index is 12.2. The number of esters is 3. The zero-order valence-electron chi connectivity index (χ0n) is 17.6. The van der Waals surface area contributed by atoms with Gasteiger partial charge in [-0.1, -0.05) is 40.0 Å². The van der Waals surface area contributed by atoms with Crippen LogP contribution in [0, 0.1) is 11.3 Å². The van der Waals surface area contributed by atoms with Crippen LogP contribution in [-0.2, 0) is 28.6 Å². The Morgan fingerprint density at radius 3 is 1.46 bits per heavy atom. The minimum atomic E-state index is -2.26. The van der Waals surface area contributed by atoms with E-state index in [1.807, 2.05) is 20.8 Å². The second-order valence-electron chi connectivity index (χ2n) is 6.25. The number of rotatable bonds is 14. The zero-order chi connectivity index (χ0) is 21.8. The topological polar surface area (TPSA) is 123 Å². The molecule has 0 radical (unpaired) electrons. The lowest BCUT2D eigenvalue weighted by atomic mass is 9.95. The molecule has 0 aliphatic heterocycles. The summed E-state index contributed by atoms with van der Waals surface area (Å²) in [4.78, 5) is 35.9. The molecule has 0 atom stereocenters. The standard InChI is InChI=1S/C18H32O7.C2H3N/c1-4-7-10-23-15(19)13-18(22,17(21)25-12-9-6-3)14-16(20)24-11-8-5-2;1-2-3/h22H,4-14H2,1-3H3;1H3. The van der Waals surface area contributed by atoms with Crippen LogP contribution in [0.2, 0.25) is 0 Å². The Morgan fingerprint density at radius 1 is 0.821 bits per heavy atom. The Hall–Kier alpha value is -2.14. The first kappa shape index (κ1) is 28.1. The number of aliphatic hydroxyl groups is 1. The molecule has 0 fully saturated rings. The van der Waals surface area contributed by atoms with Gasteiger partial charge in [-0.05, 0) is 19.3 Å². The van der Waals surface area contributed by atoms with Gasteiger partial charge in [0.2, 0.25) is 0 Å². The van der Waals surface area contributed by atoms with Crippen LogP contribution in [-0.4, -0.2) is 48.4 Å². The highest BCUT2D eigenvalue weighted by Gasteiger charge is 2.43. The third-order valence-electron chi connectivity index (χ3n) is 3.51. The van der Waals surface area contributed by atoms with Gasteiger partial charge < -0.3 is 19.3 Å². The molecule has 162 valence electrons. The average molecular weight is 402 g/mol. The van der Waals surface area contributed by atoms with Crippen molar-refractivity contribution in [3.8, 4) is 6.07 Å². The summed E-state index contributed by atoms with van der Waals surface area (Å²) in [5.74, 6) is -2.49. The number of carbonyl (C=O) groups is 3. The molecule has 0 aliphatic rings. The molecular formula is C20H35NO7. The highest BCUT2D eigenvalue weighted by Crippen LogP contribution is 2.20. The van der Waals surface area contributed by atoms with Gasteiger partial charge in [-0.3, -0.25) is 9.59 Å². The summed E-state index contributed by atoms with van der Waals surface area (Å²) in [6.45, 7) is 7.78. The summed E-state index contributed by atoms with van der Waals surface area (Å²) in [5, 5.41) is 17.9. The molecule has 8 heteroatoms. The quantitative estimate of drug-likeness (QED) is 0.268. The van der Waals surface area contributed by atoms with Crippen molar-refractivity contribution in [1.82, 2.24) is 0 Å². The van der Waals surface area contributed by atoms with Gasteiger partial charge in [0.05, 0.1) is 38.7 Å². The molecule has 0 bridgehead atoms. The van der Waals surface area contributed by atoms with Crippen LogP contribution in [0.5, 0.6) is 0 Å². The SMILES string of the molecule is CC#N.CCCCOC(=O)CC(O)(CC(=O)OCCCC)C(=O)OCCCC. The molecule has 0 aromatic heterocycles. The lowest BCUT2D eigenvalue weighted by molar-refractivity contribution is -0.178. The van der Waals surface area contributed by atoms with Gasteiger partial charge in [0.1, 0.15) is 0 Å². The van der Waals surface area contributed by atoms with E-state index in [0.29, 0.717) is 19.3 Å². The van der Waals surface area contributed by atoms with Crippen molar-refractivity contribution >= 4 is 17.9 Å². The number of nitriles is 1. The summed E-state index contributed by atoms with van der Waals surface area (Å²) in [6.07, 6.45) is 3.23. The lowest BCUT2D eigenvalue weighted by Crippen LogP contribution is -2.45. The van der Waals surface area contributed by atoms with Crippen LogP contribution in [0.15, 0.2) is 0 Å². The Labute approximate surface area is 168 Å². The molecule has 0 aliphatic carbocycles. The van der Waals surface area contributed by atoms with E-state index in [0.717, 1.165) is 19.3 Å². The van der Waals surface area contributed by atoms with Crippen molar-refractivity contribution in [2.45, 2.75) is 84.7 Å². The van der Waals surface area contributed by atoms with E-state index in [4.69, 9.17) is 19.5 Å². The number of hydrogen-bond acceptors (Lipinski definition) is 8. The van der Waals surface area contributed by atoms with Gasteiger partial charge >= 0.3 is 17.9 Å². The van der Waals surface area contributed by atoms with Crippen molar-refractivity contribution < 1.29 is 33.7 Å². The van der Waals surface area contributed by atoms with E-state index in [-0.39, 0.29) is 19.8 Å². The van der Waals surface area contributed by atoms with Gasteiger partial charge in [-0.2, -0.15) is 5.26 Å². The van der Waals surface area contributed by atoms with Crippen LogP contribution < -0.4 is 0 Å². The first-order chi connectivity index (χ1) is 13.3. The largest absolute Gasteiger partial charge is 0.466 e. The molecule has 0 spiro atoms. The normalized spacial score (nSPS) is 10.1. The van der Waals surface area contributed by atoms with Crippen LogP contribution in [0.3, 0.4) is 0 Å². The third kappa shape index (κ3) is 15.0. The minimum Gasteiger partial charge on any atom is -0.466 e. The molecule has 0 aromatic rings. The minimum absolute atomic E-state index is 0.118. The van der Waals surface area contributed by atoms with E-state index < -0.39 is 36.4 Å². The molecular weight excluding hydrogens is 366 g/mol. The molecule has 28 heavy (non-hydrogen) atoms. The van der Waals surface area contributed by atoms with E-state index in [1.54, 1.807) is 6.07 Å². The highest BCUT2D eigenvalue weighted by atomic mass is 16.6. The molecule has 0 aromatic carbocycles. The Morgan fingerprint density at radius 2 is 1.14 bits per heavy atom. The number of unbranched alkanes of at least 4 members (excludes halogenated alkanes) is 3. The Kier molecular flexibility index (Phi) is 18.3. The van der Waals surface area contributed by atoms with E-state index in [1.165, 1.54) is 6.92 Å². The van der Waals surface area contributed by atoms with Crippen molar-refractivity contribution in [2.75, 3.05) is 19.8 Å². The van der Waals surface area contributed by atoms with Crippen LogP contribution in [0.1, 0.15) is 79.1 Å². The number of carbonyl (C=O) groups excluding carboxylic acids is 3. The van der Waals surface area contributed by atoms with Crippen molar-refractivity contribution in [1.29, 1.82) is 5.26 Å². The fourth-order valence-corrected chi connectivity index (χ4v) is 1.89. The predicted octanol–water partition coefficient (Wildman–Crippen LogP) is 3.06. The van der Waals surface area contributed by atoms with Gasteiger partial charge in [0.15, 0.2) is 5.60 Å². The monoisotopic (exact) mass is 401 g/mol. The fourth-order valence-electron chi connectivity index (χ4n) is 1.89. The molecule has 0 unspecified atom stereocenters. The Balaban J connectivity index is 0. The number of nitrogens with zero attached hydrogens (tertiary/aromatic N) is 1. The molecule has 0 heterocycles. The zero-order valence-corrected chi connectivity index (χ0v) is 17.6. The van der Waals surface area contributed by atoms with Crippen LogP contribution in [0.25, 0.3) is 0 Å². The number of hydrogen-bond donors (Lipinski definition) is 1. The first-order valence-electron chi connectivity index (χ1n) is 9.82. The van der Waals surface area contributed by atoms with Gasteiger partial charge in [0.25, 0.3) is 0 Å². The van der Waals surface area contributed by atoms with Crippen molar-refractivity contribution in [3.63, 3.8) is 0 Å². The maximum atomic E-state index is 12.2. The molecule has 0 rings (SSSR count). The Bertz CT molecular complexity index is 461. The predicted molar refractivity (Wildman–Crippen MR) is 103 cm³/mol. The summed E-state index contributed by atoms with van der Waals surface area (Å²) in [5.41, 5.74) is -2.26.